The zero-order valence-corrected chi connectivity index (χ0v) is 10.6. The van der Waals surface area contributed by atoms with Crippen molar-refractivity contribution in [3.8, 4) is 0 Å². The van der Waals surface area contributed by atoms with E-state index in [0.29, 0.717) is 18.0 Å². The van der Waals surface area contributed by atoms with Crippen LogP contribution in [0.5, 0.6) is 0 Å². The average Bonchev–Trinajstić information content (AvgIpc) is 2.84. The summed E-state index contributed by atoms with van der Waals surface area (Å²) in [4.78, 5) is 11.2. The smallest absolute Gasteiger partial charge is 0.226 e. The predicted molar refractivity (Wildman–Crippen MR) is 72.6 cm³/mol. The van der Waals surface area contributed by atoms with Crippen molar-refractivity contribution in [2.45, 2.75) is 6.54 Å². The summed E-state index contributed by atoms with van der Waals surface area (Å²) in [7, 11) is 0. The Morgan fingerprint density at radius 3 is 3.00 bits per heavy atom. The van der Waals surface area contributed by atoms with Gasteiger partial charge in [0.05, 0.1) is 5.39 Å². The summed E-state index contributed by atoms with van der Waals surface area (Å²) in [5.41, 5.74) is 1.50. The lowest BCUT2D eigenvalue weighted by Gasteiger charge is -2.07. The number of H-pyrrole nitrogens is 1. The van der Waals surface area contributed by atoms with Crippen LogP contribution in [-0.2, 0) is 6.54 Å². The standard InChI is InChI=1S/C13H10ClFN4/c14-13-18-11-10(4-5-16-11)12(19-13)17-7-8-2-1-3-9(15)6-8/h1-6H,7H2,(H2,16,17,18,19). The Hall–Kier alpha value is -2.14. The van der Waals surface area contributed by atoms with Crippen molar-refractivity contribution in [1.29, 1.82) is 0 Å². The second-order valence-corrected chi connectivity index (χ2v) is 4.40. The zero-order chi connectivity index (χ0) is 13.2. The number of hydrogen-bond acceptors (Lipinski definition) is 3. The van der Waals surface area contributed by atoms with Gasteiger partial charge in [0.1, 0.15) is 17.3 Å². The summed E-state index contributed by atoms with van der Waals surface area (Å²) in [5, 5.41) is 4.15. The number of halogens is 2. The number of rotatable bonds is 3. The molecular weight excluding hydrogens is 267 g/mol. The fourth-order valence-corrected chi connectivity index (χ4v) is 2.05. The number of hydrogen-bond donors (Lipinski definition) is 2. The van der Waals surface area contributed by atoms with E-state index in [4.69, 9.17) is 11.6 Å². The Morgan fingerprint density at radius 2 is 2.16 bits per heavy atom. The SMILES string of the molecule is Fc1cccc(CNc2nc(Cl)nc3[nH]ccc23)c1. The molecule has 3 aromatic rings. The second kappa shape index (κ2) is 4.85. The Kier molecular flexibility index (Phi) is 3.05. The molecule has 0 bridgehead atoms. The highest BCUT2D eigenvalue weighted by molar-refractivity contribution is 6.28. The Morgan fingerprint density at radius 1 is 1.26 bits per heavy atom. The van der Waals surface area contributed by atoms with E-state index in [1.165, 1.54) is 12.1 Å². The van der Waals surface area contributed by atoms with E-state index in [1.807, 2.05) is 12.1 Å². The van der Waals surface area contributed by atoms with Crippen molar-refractivity contribution >= 4 is 28.5 Å². The minimum absolute atomic E-state index is 0.164. The van der Waals surface area contributed by atoms with E-state index < -0.39 is 0 Å². The first kappa shape index (κ1) is 11.9. The molecule has 19 heavy (non-hydrogen) atoms. The van der Waals surface area contributed by atoms with E-state index in [1.54, 1.807) is 12.3 Å². The fourth-order valence-electron chi connectivity index (χ4n) is 1.88. The Labute approximate surface area is 113 Å². The second-order valence-electron chi connectivity index (χ2n) is 4.06. The van der Waals surface area contributed by atoms with Crippen LogP contribution in [0.4, 0.5) is 10.2 Å². The molecule has 0 saturated heterocycles. The molecule has 1 aromatic carbocycles. The molecule has 2 aromatic heterocycles. The maximum absolute atomic E-state index is 13.1. The van der Waals surface area contributed by atoms with Gasteiger partial charge in [0, 0.05) is 12.7 Å². The fraction of sp³-hybridized carbons (Fsp3) is 0.0769. The lowest BCUT2D eigenvalue weighted by Crippen LogP contribution is -2.03. The van der Waals surface area contributed by atoms with Crippen molar-refractivity contribution < 1.29 is 4.39 Å². The molecule has 0 spiro atoms. The Balaban J connectivity index is 1.87. The molecule has 0 aliphatic heterocycles. The highest BCUT2D eigenvalue weighted by Gasteiger charge is 2.07. The van der Waals surface area contributed by atoms with Gasteiger partial charge >= 0.3 is 0 Å². The summed E-state index contributed by atoms with van der Waals surface area (Å²) in [6.07, 6.45) is 1.77. The third-order valence-corrected chi connectivity index (χ3v) is 2.91. The molecule has 0 fully saturated rings. The van der Waals surface area contributed by atoms with Gasteiger partial charge < -0.3 is 10.3 Å². The van der Waals surface area contributed by atoms with Crippen molar-refractivity contribution in [2.75, 3.05) is 5.32 Å². The molecule has 6 heteroatoms. The Bertz CT molecular complexity index is 725. The van der Waals surface area contributed by atoms with E-state index >= 15 is 0 Å². The van der Waals surface area contributed by atoms with Crippen LogP contribution in [0.15, 0.2) is 36.5 Å². The van der Waals surface area contributed by atoms with Crippen LogP contribution in [0.2, 0.25) is 5.28 Å². The van der Waals surface area contributed by atoms with Crippen LogP contribution in [-0.4, -0.2) is 15.0 Å². The molecule has 3 rings (SSSR count). The topological polar surface area (TPSA) is 53.6 Å². The third kappa shape index (κ3) is 2.51. The van der Waals surface area contributed by atoms with Gasteiger partial charge in [-0.3, -0.25) is 0 Å². The summed E-state index contributed by atoms with van der Waals surface area (Å²) < 4.78 is 13.1. The van der Waals surface area contributed by atoms with Gasteiger partial charge in [0.25, 0.3) is 0 Å². The predicted octanol–water partition coefficient (Wildman–Crippen LogP) is 3.36. The average molecular weight is 277 g/mol. The minimum atomic E-state index is -0.258. The molecule has 0 unspecified atom stereocenters. The van der Waals surface area contributed by atoms with Crippen molar-refractivity contribution in [3.05, 3.63) is 53.2 Å². The first-order valence-electron chi connectivity index (χ1n) is 5.71. The van der Waals surface area contributed by atoms with Gasteiger partial charge in [-0.25, -0.2) is 9.37 Å². The molecule has 0 aliphatic carbocycles. The molecular formula is C13H10ClFN4. The van der Waals surface area contributed by atoms with E-state index in [9.17, 15) is 4.39 Å². The zero-order valence-electron chi connectivity index (χ0n) is 9.82. The lowest BCUT2D eigenvalue weighted by molar-refractivity contribution is 0.626. The van der Waals surface area contributed by atoms with E-state index in [0.717, 1.165) is 10.9 Å². The van der Waals surface area contributed by atoms with Crippen LogP contribution < -0.4 is 5.32 Å². The maximum atomic E-state index is 13.1. The van der Waals surface area contributed by atoms with Gasteiger partial charge in [0.15, 0.2) is 0 Å². The normalized spacial score (nSPS) is 10.8. The van der Waals surface area contributed by atoms with Crippen molar-refractivity contribution in [1.82, 2.24) is 15.0 Å². The first-order chi connectivity index (χ1) is 9.22. The van der Waals surface area contributed by atoms with Gasteiger partial charge in [-0.15, -0.1) is 0 Å². The maximum Gasteiger partial charge on any atom is 0.226 e. The van der Waals surface area contributed by atoms with Gasteiger partial charge in [-0.05, 0) is 35.4 Å². The lowest BCUT2D eigenvalue weighted by atomic mass is 10.2. The van der Waals surface area contributed by atoms with Gasteiger partial charge in [-0.1, -0.05) is 12.1 Å². The van der Waals surface area contributed by atoms with Gasteiger partial charge in [0.2, 0.25) is 5.28 Å². The summed E-state index contributed by atoms with van der Waals surface area (Å²) in [6, 6.07) is 8.26. The third-order valence-electron chi connectivity index (χ3n) is 2.74. The largest absolute Gasteiger partial charge is 0.365 e. The summed E-state index contributed by atoms with van der Waals surface area (Å²) >= 11 is 5.85. The summed E-state index contributed by atoms with van der Waals surface area (Å²) in [5.74, 6) is 0.368. The van der Waals surface area contributed by atoms with E-state index in [-0.39, 0.29) is 11.1 Å². The van der Waals surface area contributed by atoms with E-state index in [2.05, 4.69) is 20.3 Å². The molecule has 2 N–H and O–H groups in total. The summed E-state index contributed by atoms with van der Waals surface area (Å²) in [6.45, 7) is 0.464. The highest BCUT2D eigenvalue weighted by Crippen LogP contribution is 2.21. The number of aromatic nitrogens is 3. The number of benzene rings is 1. The van der Waals surface area contributed by atoms with Crippen LogP contribution in [0.25, 0.3) is 11.0 Å². The van der Waals surface area contributed by atoms with Crippen LogP contribution in [0.3, 0.4) is 0 Å². The van der Waals surface area contributed by atoms with Crippen molar-refractivity contribution in [3.63, 3.8) is 0 Å². The van der Waals surface area contributed by atoms with Crippen LogP contribution in [0.1, 0.15) is 5.56 Å². The molecule has 0 saturated carbocycles. The highest BCUT2D eigenvalue weighted by atomic mass is 35.5. The van der Waals surface area contributed by atoms with Crippen LogP contribution >= 0.6 is 11.6 Å². The minimum Gasteiger partial charge on any atom is -0.365 e. The molecule has 0 amide bonds. The van der Waals surface area contributed by atoms with Gasteiger partial charge in [-0.2, -0.15) is 4.98 Å². The molecule has 0 radical (unpaired) electrons. The number of nitrogens with one attached hydrogen (secondary N) is 2. The number of nitrogens with zero attached hydrogens (tertiary/aromatic N) is 2. The molecule has 0 atom stereocenters. The molecule has 2 heterocycles. The molecule has 4 nitrogen and oxygen atoms in total. The molecule has 96 valence electrons. The van der Waals surface area contributed by atoms with Crippen LogP contribution in [0, 0.1) is 5.82 Å². The molecule has 0 aliphatic rings. The monoisotopic (exact) mass is 276 g/mol. The van der Waals surface area contributed by atoms with Crippen molar-refractivity contribution in [2.24, 2.45) is 0 Å². The first-order valence-corrected chi connectivity index (χ1v) is 6.09. The quantitative estimate of drug-likeness (QED) is 0.721. The number of anilines is 1. The number of aromatic amines is 1. The number of fused-ring (bicyclic) bond motifs is 1.